The van der Waals surface area contributed by atoms with Crippen LogP contribution in [-0.2, 0) is 14.3 Å². The summed E-state index contributed by atoms with van der Waals surface area (Å²) in [6.45, 7) is 3.25. The Kier molecular flexibility index (Phi) is 7.66. The average molecular weight is 406 g/mol. The van der Waals surface area contributed by atoms with Gasteiger partial charge in [0, 0.05) is 3.57 Å². The molecular weight excluding hydrogens is 387 g/mol. The molecule has 1 rings (SSSR count). The van der Waals surface area contributed by atoms with Crippen molar-refractivity contribution < 1.29 is 24.2 Å². The number of carbonyl (C=O) groups excluding carboxylic acids is 2. The predicted molar refractivity (Wildman–Crippen MR) is 85.9 cm³/mol. The monoisotopic (exact) mass is 406 g/mol. The van der Waals surface area contributed by atoms with Crippen molar-refractivity contribution in [2.75, 3.05) is 13.2 Å². The lowest BCUT2D eigenvalue weighted by Crippen LogP contribution is -2.27. The summed E-state index contributed by atoms with van der Waals surface area (Å²) in [6.07, 6.45) is -0.346. The summed E-state index contributed by atoms with van der Waals surface area (Å²) >= 11 is 2.10. The van der Waals surface area contributed by atoms with E-state index in [4.69, 9.17) is 9.47 Å². The molecule has 5 nitrogen and oxygen atoms in total. The molecule has 0 radical (unpaired) electrons. The predicted octanol–water partition coefficient (Wildman–Crippen LogP) is 2.40. The van der Waals surface area contributed by atoms with E-state index in [1.807, 2.05) is 13.0 Å². The van der Waals surface area contributed by atoms with Gasteiger partial charge in [-0.25, -0.2) is 4.79 Å². The van der Waals surface area contributed by atoms with E-state index in [2.05, 4.69) is 22.6 Å². The molecule has 0 spiro atoms. The Hall–Kier alpha value is -1.15. The second-order valence-electron chi connectivity index (χ2n) is 4.70. The van der Waals surface area contributed by atoms with Crippen LogP contribution in [0.3, 0.4) is 0 Å². The van der Waals surface area contributed by atoms with Crippen LogP contribution in [0.2, 0.25) is 0 Å². The van der Waals surface area contributed by atoms with Crippen LogP contribution in [0.25, 0.3) is 0 Å². The molecule has 1 aromatic rings. The molecule has 2 unspecified atom stereocenters. The zero-order valence-electron chi connectivity index (χ0n) is 12.0. The second-order valence-corrected chi connectivity index (χ2v) is 5.95. The first-order valence-electron chi connectivity index (χ1n) is 6.71. The van der Waals surface area contributed by atoms with E-state index in [0.717, 1.165) is 3.57 Å². The number of benzene rings is 1. The van der Waals surface area contributed by atoms with Gasteiger partial charge in [0.1, 0.15) is 19.3 Å². The molecule has 0 aromatic heterocycles. The van der Waals surface area contributed by atoms with Crippen molar-refractivity contribution in [2.45, 2.75) is 26.4 Å². The highest BCUT2D eigenvalue weighted by Gasteiger charge is 2.16. The third kappa shape index (κ3) is 6.43. The Balaban J connectivity index is 2.34. The van der Waals surface area contributed by atoms with Crippen molar-refractivity contribution in [3.8, 4) is 0 Å². The minimum atomic E-state index is -1.02. The first kappa shape index (κ1) is 17.9. The van der Waals surface area contributed by atoms with Crippen molar-refractivity contribution in [3.05, 3.63) is 33.4 Å². The van der Waals surface area contributed by atoms with Crippen LogP contribution in [0.1, 0.15) is 30.6 Å². The minimum absolute atomic E-state index is 0.178. The van der Waals surface area contributed by atoms with E-state index < -0.39 is 12.1 Å². The number of esters is 2. The van der Waals surface area contributed by atoms with E-state index in [9.17, 15) is 14.7 Å². The molecule has 0 heterocycles. The van der Waals surface area contributed by atoms with Crippen LogP contribution >= 0.6 is 22.6 Å². The lowest BCUT2D eigenvalue weighted by molar-refractivity contribution is -0.151. The fourth-order valence-corrected chi connectivity index (χ4v) is 1.95. The first-order chi connectivity index (χ1) is 9.93. The molecule has 1 aromatic carbocycles. The minimum Gasteiger partial charge on any atom is -0.463 e. The number of halogens is 1. The molecule has 0 aliphatic carbocycles. The number of ether oxygens (including phenoxy) is 2. The molecule has 1 N–H and O–H groups in total. The largest absolute Gasteiger partial charge is 0.463 e. The fraction of sp³-hybridized carbons (Fsp3) is 0.467. The van der Waals surface area contributed by atoms with Crippen LogP contribution in [0.4, 0.5) is 0 Å². The van der Waals surface area contributed by atoms with Gasteiger partial charge >= 0.3 is 11.9 Å². The summed E-state index contributed by atoms with van der Waals surface area (Å²) in [5.41, 5.74) is 0.422. The van der Waals surface area contributed by atoms with Gasteiger partial charge < -0.3 is 14.6 Å². The van der Waals surface area contributed by atoms with E-state index in [-0.39, 0.29) is 25.1 Å². The van der Waals surface area contributed by atoms with E-state index in [1.165, 1.54) is 0 Å². The van der Waals surface area contributed by atoms with Gasteiger partial charge in [-0.15, -0.1) is 0 Å². The Bertz CT molecular complexity index is 489. The molecule has 0 fully saturated rings. The summed E-state index contributed by atoms with van der Waals surface area (Å²) < 4.78 is 10.8. The smallest absolute Gasteiger partial charge is 0.338 e. The second kappa shape index (κ2) is 8.99. The highest BCUT2D eigenvalue weighted by molar-refractivity contribution is 14.1. The topological polar surface area (TPSA) is 72.8 Å². The summed E-state index contributed by atoms with van der Waals surface area (Å²) in [5.74, 6) is -1.08. The zero-order valence-corrected chi connectivity index (χ0v) is 14.2. The normalized spacial score (nSPS) is 13.3. The Labute approximate surface area is 137 Å². The maximum Gasteiger partial charge on any atom is 0.338 e. The molecule has 21 heavy (non-hydrogen) atoms. The Morgan fingerprint density at radius 2 is 1.95 bits per heavy atom. The Morgan fingerprint density at radius 3 is 2.57 bits per heavy atom. The van der Waals surface area contributed by atoms with Gasteiger partial charge in [-0.2, -0.15) is 0 Å². The summed E-state index contributed by atoms with van der Waals surface area (Å²) in [4.78, 5) is 23.2. The molecule has 0 amide bonds. The van der Waals surface area contributed by atoms with Crippen LogP contribution in [0.15, 0.2) is 24.3 Å². The molecule has 6 heteroatoms. The van der Waals surface area contributed by atoms with E-state index >= 15 is 0 Å². The lowest BCUT2D eigenvalue weighted by Gasteiger charge is -2.14. The molecule has 0 aliphatic rings. The van der Waals surface area contributed by atoms with Crippen LogP contribution in [-0.4, -0.2) is 36.4 Å². The number of aliphatic hydroxyl groups is 1. The zero-order chi connectivity index (χ0) is 15.8. The van der Waals surface area contributed by atoms with Gasteiger partial charge in [0.2, 0.25) is 0 Å². The average Bonchev–Trinajstić information content (AvgIpc) is 2.49. The van der Waals surface area contributed by atoms with E-state index in [1.54, 1.807) is 25.1 Å². The number of hydrogen-bond donors (Lipinski definition) is 1. The highest BCUT2D eigenvalue weighted by Crippen LogP contribution is 2.09. The molecular formula is C15H19IO5. The van der Waals surface area contributed by atoms with Crippen molar-refractivity contribution in [1.82, 2.24) is 0 Å². The van der Waals surface area contributed by atoms with Gasteiger partial charge in [-0.1, -0.05) is 19.9 Å². The maximum absolute atomic E-state index is 11.7. The van der Waals surface area contributed by atoms with Crippen LogP contribution < -0.4 is 0 Å². The summed E-state index contributed by atoms with van der Waals surface area (Å²) in [5, 5.41) is 9.65. The number of aliphatic hydroxyl groups excluding tert-OH is 1. The molecule has 0 aliphatic heterocycles. The summed E-state index contributed by atoms with van der Waals surface area (Å²) in [7, 11) is 0. The number of carbonyl (C=O) groups is 2. The van der Waals surface area contributed by atoms with Crippen molar-refractivity contribution in [1.29, 1.82) is 0 Å². The quantitative estimate of drug-likeness (QED) is 0.556. The van der Waals surface area contributed by atoms with Crippen molar-refractivity contribution in [2.24, 2.45) is 5.92 Å². The lowest BCUT2D eigenvalue weighted by atomic mass is 10.1. The molecule has 0 saturated heterocycles. The standard InChI is InChI=1S/C15H19IO5/c1-3-10(2)14(18)20-8-13(17)9-21-15(19)11-5-4-6-12(16)7-11/h4-7,10,13,17H,3,8-9H2,1-2H3. The van der Waals surface area contributed by atoms with Gasteiger partial charge in [0.15, 0.2) is 0 Å². The highest BCUT2D eigenvalue weighted by atomic mass is 127. The van der Waals surface area contributed by atoms with Gasteiger partial charge in [-0.05, 0) is 47.2 Å². The maximum atomic E-state index is 11.7. The SMILES string of the molecule is CCC(C)C(=O)OCC(O)COC(=O)c1cccc(I)c1. The molecule has 2 atom stereocenters. The Morgan fingerprint density at radius 1 is 1.29 bits per heavy atom. The van der Waals surface area contributed by atoms with Crippen molar-refractivity contribution in [3.63, 3.8) is 0 Å². The van der Waals surface area contributed by atoms with Crippen LogP contribution in [0, 0.1) is 9.49 Å². The number of rotatable bonds is 7. The first-order valence-corrected chi connectivity index (χ1v) is 7.79. The van der Waals surface area contributed by atoms with Gasteiger partial charge in [0.05, 0.1) is 11.5 Å². The van der Waals surface area contributed by atoms with Gasteiger partial charge in [0.25, 0.3) is 0 Å². The molecule has 0 bridgehead atoms. The molecule has 0 saturated carbocycles. The summed E-state index contributed by atoms with van der Waals surface area (Å²) in [6, 6.07) is 6.95. The van der Waals surface area contributed by atoms with Crippen molar-refractivity contribution >= 4 is 34.5 Å². The fourth-order valence-electron chi connectivity index (χ4n) is 1.41. The third-order valence-electron chi connectivity index (χ3n) is 2.90. The third-order valence-corrected chi connectivity index (χ3v) is 3.57. The van der Waals surface area contributed by atoms with Gasteiger partial charge in [-0.3, -0.25) is 4.79 Å². The molecule has 116 valence electrons. The number of hydrogen-bond acceptors (Lipinski definition) is 5. The van der Waals surface area contributed by atoms with E-state index in [0.29, 0.717) is 12.0 Å². The van der Waals surface area contributed by atoms with Crippen LogP contribution in [0.5, 0.6) is 0 Å².